The third-order valence-electron chi connectivity index (χ3n) is 6.90. The van der Waals surface area contributed by atoms with Crippen molar-refractivity contribution in [1.82, 2.24) is 0 Å². The van der Waals surface area contributed by atoms with Crippen LogP contribution in [-0.2, 0) is 0 Å². The van der Waals surface area contributed by atoms with Crippen LogP contribution in [0.3, 0.4) is 0 Å². The van der Waals surface area contributed by atoms with E-state index in [0.29, 0.717) is 11.8 Å². The minimum atomic E-state index is 0.173. The molecule has 3 aromatic rings. The van der Waals surface area contributed by atoms with Gasteiger partial charge in [0.15, 0.2) is 0 Å². The largest absolute Gasteiger partial charge is 0.141 e. The second kappa shape index (κ2) is 6.19. The molecule has 3 aromatic heterocycles. The van der Waals surface area contributed by atoms with Crippen molar-refractivity contribution in [2.24, 2.45) is 17.3 Å². The van der Waals surface area contributed by atoms with Gasteiger partial charge in [-0.3, -0.25) is 0 Å². The number of allylic oxidation sites excluding steroid dienone is 14. The van der Waals surface area contributed by atoms with E-state index in [1.54, 1.807) is 0 Å². The fraction of sp³-hybridized carbons (Fsp3) is 0.214. The molecule has 0 aromatic carbocycles. The van der Waals surface area contributed by atoms with E-state index in [0.717, 1.165) is 0 Å². The molecule has 3 heteroatoms. The maximum Gasteiger partial charge on any atom is 0.0635 e. The molecule has 0 bridgehead atoms. The lowest BCUT2D eigenvalue weighted by Crippen LogP contribution is -2.30. The van der Waals surface area contributed by atoms with E-state index in [9.17, 15) is 0 Å². The third kappa shape index (κ3) is 2.64. The number of fused-ring (bicyclic) bond motifs is 3. The summed E-state index contributed by atoms with van der Waals surface area (Å²) in [6, 6.07) is 4.66. The van der Waals surface area contributed by atoms with Gasteiger partial charge in [-0.25, -0.2) is 0 Å². The summed E-state index contributed by atoms with van der Waals surface area (Å²) in [6.45, 7) is 6.93. The number of hydrogen-bond acceptors (Lipinski definition) is 3. The van der Waals surface area contributed by atoms with E-state index < -0.39 is 0 Å². The zero-order chi connectivity index (χ0) is 20.9. The van der Waals surface area contributed by atoms with Crippen LogP contribution in [0.2, 0.25) is 0 Å². The summed E-state index contributed by atoms with van der Waals surface area (Å²) in [7, 11) is 0. The first-order valence-electron chi connectivity index (χ1n) is 10.8. The maximum atomic E-state index is 2.45. The van der Waals surface area contributed by atoms with E-state index >= 15 is 0 Å². The van der Waals surface area contributed by atoms with Crippen molar-refractivity contribution in [2.45, 2.75) is 20.8 Å². The average molecular weight is 455 g/mol. The SMILES string of the molecule is CC(C)(C)C1=CC2=CC=C3C=C(c4cc5sc6ccsc6c5s4)C=C4C=CC(=C1)C2C34. The Kier molecular flexibility index (Phi) is 3.67. The molecule has 0 saturated carbocycles. The van der Waals surface area contributed by atoms with Crippen LogP contribution in [0, 0.1) is 17.3 Å². The van der Waals surface area contributed by atoms with Crippen molar-refractivity contribution in [3.63, 3.8) is 0 Å². The molecular formula is C28H22S3. The number of rotatable bonds is 1. The van der Waals surface area contributed by atoms with Crippen LogP contribution in [0.5, 0.6) is 0 Å². The van der Waals surface area contributed by atoms with Gasteiger partial charge in [0.1, 0.15) is 0 Å². The highest BCUT2D eigenvalue weighted by molar-refractivity contribution is 7.38. The Hall–Kier alpha value is -2.20. The summed E-state index contributed by atoms with van der Waals surface area (Å²) in [6.07, 6.45) is 19.3. The second-order valence-corrected chi connectivity index (χ2v) is 12.9. The molecule has 0 N–H and O–H groups in total. The predicted molar refractivity (Wildman–Crippen MR) is 139 cm³/mol. The van der Waals surface area contributed by atoms with Crippen molar-refractivity contribution in [3.8, 4) is 0 Å². The molecule has 0 aliphatic heterocycles. The minimum Gasteiger partial charge on any atom is -0.141 e. The minimum absolute atomic E-state index is 0.173. The van der Waals surface area contributed by atoms with Crippen LogP contribution in [0.15, 0.2) is 94.0 Å². The standard InChI is InChI=1S/C28H22S3/c1-28(2,3)20-12-17-6-4-15-10-19(11-16-5-7-18(13-20)25(17)24(15)16)22-14-23-27(31-22)26-21(30-23)8-9-29-26/h4-14,24-25H,1-3H3. The maximum absolute atomic E-state index is 2.45. The van der Waals surface area contributed by atoms with Crippen LogP contribution < -0.4 is 0 Å². The van der Waals surface area contributed by atoms with Gasteiger partial charge in [0.2, 0.25) is 0 Å². The van der Waals surface area contributed by atoms with E-state index in [4.69, 9.17) is 0 Å². The van der Waals surface area contributed by atoms with Gasteiger partial charge in [-0.2, -0.15) is 0 Å². The van der Waals surface area contributed by atoms with E-state index in [-0.39, 0.29) is 5.41 Å². The Balaban J connectivity index is 1.36. The normalized spacial score (nSPS) is 24.4. The first-order valence-corrected chi connectivity index (χ1v) is 13.3. The van der Waals surface area contributed by atoms with Gasteiger partial charge in [0.25, 0.3) is 0 Å². The average Bonchev–Trinajstić information content (AvgIpc) is 3.43. The quantitative estimate of drug-likeness (QED) is 0.344. The monoisotopic (exact) mass is 454 g/mol. The number of hydrogen-bond donors (Lipinski definition) is 0. The summed E-state index contributed by atoms with van der Waals surface area (Å²) in [5, 5.41) is 2.21. The molecule has 31 heavy (non-hydrogen) atoms. The number of thiophene rings is 3. The molecule has 2 unspecified atom stereocenters. The Labute approximate surface area is 194 Å². The second-order valence-electron chi connectivity index (χ2n) is 9.88. The van der Waals surface area contributed by atoms with Crippen molar-refractivity contribution >= 4 is 58.4 Å². The van der Waals surface area contributed by atoms with Crippen LogP contribution in [0.1, 0.15) is 25.6 Å². The van der Waals surface area contributed by atoms with Gasteiger partial charge < -0.3 is 0 Å². The summed E-state index contributed by atoms with van der Waals surface area (Å²) in [5.41, 5.74) is 8.84. The summed E-state index contributed by atoms with van der Waals surface area (Å²) in [5.74, 6) is 0.931. The molecule has 0 saturated heterocycles. The molecule has 0 nitrogen and oxygen atoms in total. The van der Waals surface area contributed by atoms with Crippen molar-refractivity contribution in [1.29, 1.82) is 0 Å². The van der Waals surface area contributed by atoms with E-state index in [1.807, 2.05) is 34.0 Å². The zero-order valence-corrected chi connectivity index (χ0v) is 20.2. The lowest BCUT2D eigenvalue weighted by Gasteiger charge is -2.41. The summed E-state index contributed by atoms with van der Waals surface area (Å²) in [4.78, 5) is 1.39. The third-order valence-corrected chi connectivity index (χ3v) is 10.5. The molecule has 152 valence electrons. The fourth-order valence-corrected chi connectivity index (χ4v) is 9.05. The van der Waals surface area contributed by atoms with Crippen LogP contribution in [0.25, 0.3) is 24.4 Å². The van der Waals surface area contributed by atoms with Gasteiger partial charge in [-0.1, -0.05) is 57.2 Å². The molecule has 0 amide bonds. The Bertz CT molecular complexity index is 1500. The molecule has 0 spiro atoms. The van der Waals surface area contributed by atoms with Gasteiger partial charge in [-0.15, -0.1) is 34.0 Å². The van der Waals surface area contributed by atoms with Crippen molar-refractivity contribution in [2.75, 3.05) is 0 Å². The van der Waals surface area contributed by atoms with E-state index in [1.165, 1.54) is 57.1 Å². The van der Waals surface area contributed by atoms with Crippen LogP contribution in [-0.4, -0.2) is 0 Å². The lowest BCUT2D eigenvalue weighted by molar-refractivity contribution is 0.500. The molecule has 2 atom stereocenters. The molecule has 7 rings (SSSR count). The first-order chi connectivity index (χ1) is 15.0. The zero-order valence-electron chi connectivity index (χ0n) is 17.7. The summed E-state index contributed by atoms with van der Waals surface area (Å²) < 4.78 is 5.78. The molecule has 0 fully saturated rings. The Morgan fingerprint density at radius 2 is 1.48 bits per heavy atom. The van der Waals surface area contributed by atoms with Crippen LogP contribution in [0.4, 0.5) is 0 Å². The van der Waals surface area contributed by atoms with Gasteiger partial charge in [0, 0.05) is 26.1 Å². The fourth-order valence-electron chi connectivity index (χ4n) is 5.30. The highest BCUT2D eigenvalue weighted by atomic mass is 32.1. The van der Waals surface area contributed by atoms with E-state index in [2.05, 4.69) is 86.9 Å². The topological polar surface area (TPSA) is 0 Å². The van der Waals surface area contributed by atoms with Crippen molar-refractivity contribution in [3.05, 3.63) is 98.9 Å². The van der Waals surface area contributed by atoms with Crippen LogP contribution >= 0.6 is 34.0 Å². The van der Waals surface area contributed by atoms with Gasteiger partial charge in [-0.05, 0) is 68.5 Å². The molecule has 4 aliphatic carbocycles. The van der Waals surface area contributed by atoms with Gasteiger partial charge in [0.05, 0.1) is 9.40 Å². The highest BCUT2D eigenvalue weighted by Gasteiger charge is 2.39. The Morgan fingerprint density at radius 3 is 2.26 bits per heavy atom. The summed E-state index contributed by atoms with van der Waals surface area (Å²) >= 11 is 5.75. The predicted octanol–water partition coefficient (Wildman–Crippen LogP) is 9.08. The Morgan fingerprint density at radius 1 is 0.742 bits per heavy atom. The first kappa shape index (κ1) is 18.4. The molecular weight excluding hydrogens is 433 g/mol. The molecule has 4 aliphatic rings. The smallest absolute Gasteiger partial charge is 0.0635 e. The van der Waals surface area contributed by atoms with Gasteiger partial charge >= 0.3 is 0 Å². The highest BCUT2D eigenvalue weighted by Crippen LogP contribution is 2.53. The van der Waals surface area contributed by atoms with Crippen molar-refractivity contribution < 1.29 is 0 Å². The lowest BCUT2D eigenvalue weighted by atomic mass is 9.62. The molecule has 3 heterocycles. The molecule has 0 radical (unpaired) electrons.